The number of nitrogens with zero attached hydrogens (tertiary/aromatic N) is 2. The van der Waals surface area contributed by atoms with Crippen LogP contribution in [0.25, 0.3) is 0 Å². The van der Waals surface area contributed by atoms with Gasteiger partial charge in [0.2, 0.25) is 5.95 Å². The summed E-state index contributed by atoms with van der Waals surface area (Å²) in [4.78, 5) is 16.3. The van der Waals surface area contributed by atoms with Crippen molar-refractivity contribution >= 4 is 31.3 Å². The van der Waals surface area contributed by atoms with Gasteiger partial charge in [0.05, 0.1) is 12.8 Å². The minimum absolute atomic E-state index is 0.124. The lowest BCUT2D eigenvalue weighted by Gasteiger charge is -2.13. The predicted octanol–water partition coefficient (Wildman–Crippen LogP) is 4.57. The van der Waals surface area contributed by atoms with E-state index >= 15 is 0 Å². The lowest BCUT2D eigenvalue weighted by Crippen LogP contribution is -2.09. The highest BCUT2D eigenvalue weighted by atomic mass is 35.5. The van der Waals surface area contributed by atoms with Crippen molar-refractivity contribution < 1.29 is 27.4 Å². The number of alkyl halides is 3. The fourth-order valence-electron chi connectivity index (χ4n) is 2.12. The summed E-state index contributed by atoms with van der Waals surface area (Å²) in [5.74, 6) is 0.253. The van der Waals surface area contributed by atoms with Crippen molar-refractivity contribution in [2.45, 2.75) is 25.2 Å². The Kier molecular flexibility index (Phi) is 6.39. The zero-order valence-electron chi connectivity index (χ0n) is 13.7. The molecule has 2 rings (SSSR count). The number of methoxy groups -OCH3 is 1. The van der Waals surface area contributed by atoms with E-state index in [0.29, 0.717) is 24.1 Å². The molecule has 11 heteroatoms. The Morgan fingerprint density at radius 3 is 2.65 bits per heavy atom. The molecule has 0 bridgehead atoms. The lowest BCUT2D eigenvalue weighted by molar-refractivity contribution is -0.137. The average Bonchev–Trinajstić information content (AvgIpc) is 2.54. The summed E-state index contributed by atoms with van der Waals surface area (Å²) >= 11 is 5.57. The highest BCUT2D eigenvalue weighted by Crippen LogP contribution is 2.35. The summed E-state index contributed by atoms with van der Waals surface area (Å²) < 4.78 is 54.4. The van der Waals surface area contributed by atoms with Crippen LogP contribution < -0.4 is 10.1 Å². The Bertz CT molecular complexity index is 820. The predicted molar refractivity (Wildman–Crippen MR) is 91.3 cm³/mol. The van der Waals surface area contributed by atoms with Gasteiger partial charge in [0.15, 0.2) is 5.66 Å². The zero-order valence-corrected chi connectivity index (χ0v) is 15.4. The summed E-state index contributed by atoms with van der Waals surface area (Å²) in [5, 5.41) is 2.02. The highest BCUT2D eigenvalue weighted by molar-refractivity contribution is 7.38. The number of benzene rings is 1. The summed E-state index contributed by atoms with van der Waals surface area (Å²) in [6.07, 6.45) is -3.68. The van der Waals surface area contributed by atoms with Gasteiger partial charge in [-0.15, -0.1) is 0 Å². The van der Waals surface area contributed by atoms with E-state index in [-0.39, 0.29) is 5.95 Å². The molecular formula is C15H15ClF3N3O3P+. The number of hydrogen-bond acceptors (Lipinski definition) is 5. The Hall–Kier alpha value is -1.96. The maximum Gasteiger partial charge on any atom is 0.508 e. The Balaban J connectivity index is 2.24. The number of halogens is 4. The van der Waals surface area contributed by atoms with Crippen LogP contribution in [0.2, 0.25) is 5.15 Å². The smallest absolute Gasteiger partial charge is 0.495 e. The minimum Gasteiger partial charge on any atom is -0.495 e. The summed E-state index contributed by atoms with van der Waals surface area (Å²) in [6.45, 7) is 1.65. The summed E-state index contributed by atoms with van der Waals surface area (Å²) in [6, 6.07) is 4.97. The first-order valence-corrected chi connectivity index (χ1v) is 8.96. The Morgan fingerprint density at radius 2 is 2.12 bits per heavy atom. The van der Waals surface area contributed by atoms with Gasteiger partial charge < -0.3 is 10.1 Å². The zero-order chi connectivity index (χ0) is 19.5. The molecule has 0 amide bonds. The third kappa shape index (κ3) is 5.03. The van der Waals surface area contributed by atoms with Gasteiger partial charge >= 0.3 is 14.2 Å². The molecule has 0 aliphatic rings. The van der Waals surface area contributed by atoms with E-state index in [9.17, 15) is 17.7 Å². The molecule has 1 heterocycles. The standard InChI is InChI=1S/C15H14ClF3N3O3P/c1-8(26(23)24)5-9-3-4-11(12(6-9)25-2)21-14-20-7-10(13(16)22-14)15(17,18)19/h3-4,6-8H,5H2,1-2H3,(H-,20,21,22,23,24)/p+1. The van der Waals surface area contributed by atoms with Crippen LogP contribution in [0, 0.1) is 0 Å². The molecule has 0 radical (unpaired) electrons. The van der Waals surface area contributed by atoms with Crippen molar-refractivity contribution in [2.75, 3.05) is 12.4 Å². The maximum absolute atomic E-state index is 12.7. The molecule has 2 unspecified atom stereocenters. The molecule has 1 aromatic heterocycles. The first-order valence-electron chi connectivity index (χ1n) is 7.30. The second kappa shape index (κ2) is 8.16. The molecule has 26 heavy (non-hydrogen) atoms. The van der Waals surface area contributed by atoms with Crippen LogP contribution in [-0.4, -0.2) is 27.6 Å². The average molecular weight is 409 g/mol. The number of anilines is 2. The quantitative estimate of drug-likeness (QED) is 0.538. The Morgan fingerprint density at radius 1 is 1.42 bits per heavy atom. The van der Waals surface area contributed by atoms with Crippen molar-refractivity contribution in [1.82, 2.24) is 9.97 Å². The second-order valence-corrected chi connectivity index (χ2v) is 7.26. The van der Waals surface area contributed by atoms with E-state index < -0.39 is 30.6 Å². The third-order valence-corrected chi connectivity index (χ3v) is 4.69. The number of rotatable bonds is 6. The fourth-order valence-corrected chi connectivity index (χ4v) is 2.72. The first-order chi connectivity index (χ1) is 12.1. The Labute approximate surface area is 153 Å². The van der Waals surface area contributed by atoms with E-state index in [1.807, 2.05) is 0 Å². The van der Waals surface area contributed by atoms with Crippen LogP contribution in [0.5, 0.6) is 5.75 Å². The number of hydrogen-bond donors (Lipinski definition) is 2. The number of nitrogens with one attached hydrogen (secondary N) is 1. The van der Waals surface area contributed by atoms with Gasteiger partial charge in [0.1, 0.15) is 16.5 Å². The molecular weight excluding hydrogens is 394 g/mol. The largest absolute Gasteiger partial charge is 0.508 e. The van der Waals surface area contributed by atoms with Crippen molar-refractivity contribution in [3.8, 4) is 5.75 Å². The molecule has 0 saturated heterocycles. The van der Waals surface area contributed by atoms with Gasteiger partial charge in [-0.25, -0.2) is 9.97 Å². The van der Waals surface area contributed by atoms with Crippen molar-refractivity contribution in [3.63, 3.8) is 0 Å². The van der Waals surface area contributed by atoms with Gasteiger partial charge in [-0.2, -0.15) is 18.1 Å². The molecule has 0 aliphatic carbocycles. The fraction of sp³-hybridized carbons (Fsp3) is 0.333. The number of aromatic nitrogens is 2. The van der Waals surface area contributed by atoms with Gasteiger partial charge in [-0.1, -0.05) is 17.7 Å². The van der Waals surface area contributed by atoms with E-state index in [1.54, 1.807) is 25.1 Å². The van der Waals surface area contributed by atoms with Gasteiger partial charge in [0, 0.05) is 12.6 Å². The molecule has 0 saturated carbocycles. The van der Waals surface area contributed by atoms with Crippen LogP contribution in [0.15, 0.2) is 24.4 Å². The maximum atomic E-state index is 12.7. The summed E-state index contributed by atoms with van der Waals surface area (Å²) in [7, 11) is -0.879. The van der Waals surface area contributed by atoms with Crippen LogP contribution in [-0.2, 0) is 17.2 Å². The van der Waals surface area contributed by atoms with Gasteiger partial charge in [-0.05, 0) is 29.2 Å². The number of ether oxygens (including phenoxy) is 1. The molecule has 0 fully saturated rings. The second-order valence-electron chi connectivity index (χ2n) is 5.41. The summed E-state index contributed by atoms with van der Waals surface area (Å²) in [5.41, 5.74) is -0.374. The van der Waals surface area contributed by atoms with Gasteiger partial charge in [-0.3, -0.25) is 0 Å². The SMILES string of the molecule is COc1cc(CC(C)[P+](=O)O)ccc1Nc1ncc(C(F)(F)F)c(Cl)n1. The van der Waals surface area contributed by atoms with E-state index in [0.717, 1.165) is 5.56 Å². The molecule has 6 nitrogen and oxygen atoms in total. The molecule has 1 aromatic carbocycles. The van der Waals surface area contributed by atoms with Crippen molar-refractivity contribution in [1.29, 1.82) is 0 Å². The molecule has 2 N–H and O–H groups in total. The lowest BCUT2D eigenvalue weighted by atomic mass is 10.1. The normalized spacial score (nSPS) is 13.3. The molecule has 140 valence electrons. The van der Waals surface area contributed by atoms with E-state index in [1.165, 1.54) is 7.11 Å². The molecule has 0 aliphatic heterocycles. The van der Waals surface area contributed by atoms with Crippen molar-refractivity contribution in [3.05, 3.63) is 40.7 Å². The third-order valence-electron chi connectivity index (χ3n) is 3.47. The van der Waals surface area contributed by atoms with Crippen LogP contribution >= 0.6 is 19.6 Å². The van der Waals surface area contributed by atoms with E-state index in [2.05, 4.69) is 15.3 Å². The van der Waals surface area contributed by atoms with Crippen molar-refractivity contribution in [2.24, 2.45) is 0 Å². The molecule has 2 atom stereocenters. The van der Waals surface area contributed by atoms with Crippen LogP contribution in [0.4, 0.5) is 24.8 Å². The monoisotopic (exact) mass is 408 g/mol. The first kappa shape index (κ1) is 20.4. The minimum atomic E-state index is -4.64. The van der Waals surface area contributed by atoms with Crippen LogP contribution in [0.3, 0.4) is 0 Å². The van der Waals surface area contributed by atoms with Gasteiger partial charge in [0.25, 0.3) is 0 Å². The van der Waals surface area contributed by atoms with Crippen LogP contribution in [0.1, 0.15) is 18.1 Å². The topological polar surface area (TPSA) is 84.3 Å². The molecule has 0 spiro atoms. The highest BCUT2D eigenvalue weighted by Gasteiger charge is 2.34. The van der Waals surface area contributed by atoms with E-state index in [4.69, 9.17) is 21.2 Å². The molecule has 2 aromatic rings.